The smallest absolute Gasteiger partial charge is 0.104 e. The largest absolute Gasteiger partial charge is 0.342 e. The lowest BCUT2D eigenvalue weighted by Gasteiger charge is -2.31. The summed E-state index contributed by atoms with van der Waals surface area (Å²) in [7, 11) is 0. The van der Waals surface area contributed by atoms with Gasteiger partial charge in [-0.1, -0.05) is 19.9 Å². The minimum Gasteiger partial charge on any atom is -0.342 e. The Morgan fingerprint density at radius 2 is 2.11 bits per heavy atom. The van der Waals surface area contributed by atoms with Gasteiger partial charge in [0, 0.05) is 6.04 Å². The topological polar surface area (TPSA) is 80.7 Å². The van der Waals surface area contributed by atoms with Crippen molar-refractivity contribution in [2.75, 3.05) is 6.54 Å². The highest BCUT2D eigenvalue weighted by Gasteiger charge is 2.27. The molecule has 1 aromatic heterocycles. The Labute approximate surface area is 108 Å². The van der Waals surface area contributed by atoms with E-state index in [0.29, 0.717) is 6.54 Å². The lowest BCUT2D eigenvalue weighted by molar-refractivity contribution is 0.271. The number of fused-ring (bicyclic) bond motifs is 1. The molecule has 5 N–H and O–H groups in total. The minimum atomic E-state index is -0.0194. The van der Waals surface area contributed by atoms with Gasteiger partial charge in [-0.2, -0.15) is 0 Å². The summed E-state index contributed by atoms with van der Waals surface area (Å²) >= 11 is 0. The van der Waals surface area contributed by atoms with Gasteiger partial charge in [-0.05, 0) is 43.0 Å². The number of hydrogen-bond acceptors (Lipinski definition) is 3. The number of benzene rings is 1. The summed E-state index contributed by atoms with van der Waals surface area (Å²) in [5.41, 5.74) is 15.2. The lowest BCUT2D eigenvalue weighted by Crippen LogP contribution is -2.31. The van der Waals surface area contributed by atoms with E-state index in [9.17, 15) is 0 Å². The van der Waals surface area contributed by atoms with Crippen molar-refractivity contribution in [1.29, 1.82) is 0 Å². The molecule has 0 saturated carbocycles. The molecule has 0 fully saturated rings. The monoisotopic (exact) mass is 246 g/mol. The molecule has 0 radical (unpaired) electrons. The van der Waals surface area contributed by atoms with E-state index >= 15 is 0 Å². The highest BCUT2D eigenvalue weighted by Crippen LogP contribution is 2.34. The zero-order chi connectivity index (χ0) is 13.3. The first-order valence-corrected chi connectivity index (χ1v) is 6.36. The standard InChI is InChI=1S/C14H22N4/c1-9-17-11-5-4-10(8-12(11)18-9)13(16)14(2,3)6-7-15/h4-5,8,13H,6-7,15-16H2,1-3H3,(H,17,18). The van der Waals surface area contributed by atoms with Crippen LogP contribution in [-0.2, 0) is 0 Å². The van der Waals surface area contributed by atoms with E-state index in [2.05, 4.69) is 35.9 Å². The van der Waals surface area contributed by atoms with Crippen molar-refractivity contribution in [3.63, 3.8) is 0 Å². The molecule has 0 aliphatic heterocycles. The maximum Gasteiger partial charge on any atom is 0.104 e. The average Bonchev–Trinajstić information content (AvgIpc) is 2.66. The van der Waals surface area contributed by atoms with Crippen LogP contribution in [0, 0.1) is 12.3 Å². The summed E-state index contributed by atoms with van der Waals surface area (Å²) in [4.78, 5) is 7.64. The quantitative estimate of drug-likeness (QED) is 0.774. The van der Waals surface area contributed by atoms with E-state index in [-0.39, 0.29) is 11.5 Å². The van der Waals surface area contributed by atoms with Crippen LogP contribution >= 0.6 is 0 Å². The molecular weight excluding hydrogens is 224 g/mol. The van der Waals surface area contributed by atoms with Crippen LogP contribution in [-0.4, -0.2) is 16.5 Å². The predicted molar refractivity (Wildman–Crippen MR) is 75.2 cm³/mol. The Hall–Kier alpha value is -1.39. The van der Waals surface area contributed by atoms with E-state index in [1.807, 2.05) is 13.0 Å². The first-order valence-electron chi connectivity index (χ1n) is 6.36. The summed E-state index contributed by atoms with van der Waals surface area (Å²) in [5, 5.41) is 0. The summed E-state index contributed by atoms with van der Waals surface area (Å²) in [6, 6.07) is 6.16. The maximum absolute atomic E-state index is 6.37. The van der Waals surface area contributed by atoms with E-state index in [1.54, 1.807) is 0 Å². The minimum absolute atomic E-state index is 0.00249. The summed E-state index contributed by atoms with van der Waals surface area (Å²) in [6.45, 7) is 6.93. The molecule has 98 valence electrons. The van der Waals surface area contributed by atoms with Crippen LogP contribution in [0.4, 0.5) is 0 Å². The number of nitrogens with two attached hydrogens (primary N) is 2. The van der Waals surface area contributed by atoms with Crippen LogP contribution < -0.4 is 11.5 Å². The van der Waals surface area contributed by atoms with E-state index in [0.717, 1.165) is 28.8 Å². The summed E-state index contributed by atoms with van der Waals surface area (Å²) in [5.74, 6) is 0.928. The highest BCUT2D eigenvalue weighted by molar-refractivity contribution is 5.76. The van der Waals surface area contributed by atoms with Gasteiger partial charge in [0.25, 0.3) is 0 Å². The van der Waals surface area contributed by atoms with Crippen LogP contribution in [0.5, 0.6) is 0 Å². The van der Waals surface area contributed by atoms with Crippen molar-refractivity contribution >= 4 is 11.0 Å². The second-order valence-electron chi connectivity index (χ2n) is 5.60. The molecule has 18 heavy (non-hydrogen) atoms. The molecule has 0 bridgehead atoms. The number of aromatic nitrogens is 2. The second-order valence-corrected chi connectivity index (χ2v) is 5.60. The third-order valence-electron chi connectivity index (χ3n) is 3.61. The molecule has 1 atom stereocenters. The van der Waals surface area contributed by atoms with Crippen molar-refractivity contribution in [3.05, 3.63) is 29.6 Å². The van der Waals surface area contributed by atoms with Crippen LogP contribution in [0.15, 0.2) is 18.2 Å². The fourth-order valence-corrected chi connectivity index (χ4v) is 2.33. The Morgan fingerprint density at radius 3 is 2.78 bits per heavy atom. The Balaban J connectivity index is 2.35. The van der Waals surface area contributed by atoms with Gasteiger partial charge in [0.15, 0.2) is 0 Å². The number of nitrogens with one attached hydrogen (secondary N) is 1. The van der Waals surface area contributed by atoms with Crippen molar-refractivity contribution in [1.82, 2.24) is 9.97 Å². The van der Waals surface area contributed by atoms with Crippen molar-refractivity contribution in [3.8, 4) is 0 Å². The molecule has 0 aliphatic rings. The van der Waals surface area contributed by atoms with E-state index in [4.69, 9.17) is 11.5 Å². The number of aromatic amines is 1. The molecular formula is C14H22N4. The Bertz CT molecular complexity index is 542. The third kappa shape index (κ3) is 2.40. The van der Waals surface area contributed by atoms with Crippen LogP contribution in [0.2, 0.25) is 0 Å². The average molecular weight is 246 g/mol. The first kappa shape index (κ1) is 13.1. The number of imidazole rings is 1. The molecule has 4 nitrogen and oxygen atoms in total. The van der Waals surface area contributed by atoms with Gasteiger partial charge < -0.3 is 16.5 Å². The van der Waals surface area contributed by atoms with Crippen molar-refractivity contribution in [2.24, 2.45) is 16.9 Å². The summed E-state index contributed by atoms with van der Waals surface area (Å²) < 4.78 is 0. The zero-order valence-electron chi connectivity index (χ0n) is 11.3. The molecule has 1 heterocycles. The molecule has 0 amide bonds. The first-order chi connectivity index (χ1) is 8.44. The molecule has 4 heteroatoms. The van der Waals surface area contributed by atoms with Gasteiger partial charge in [-0.3, -0.25) is 0 Å². The molecule has 0 spiro atoms. The third-order valence-corrected chi connectivity index (χ3v) is 3.61. The molecule has 2 aromatic rings. The normalized spacial score (nSPS) is 14.1. The van der Waals surface area contributed by atoms with Gasteiger partial charge in [-0.25, -0.2) is 4.98 Å². The SMILES string of the molecule is Cc1nc2ccc(C(N)C(C)(C)CCN)cc2[nH]1. The van der Waals surface area contributed by atoms with E-state index < -0.39 is 0 Å². The van der Waals surface area contributed by atoms with Gasteiger partial charge in [0.05, 0.1) is 11.0 Å². The van der Waals surface area contributed by atoms with E-state index in [1.165, 1.54) is 0 Å². The number of H-pyrrole nitrogens is 1. The molecule has 1 aromatic carbocycles. The van der Waals surface area contributed by atoms with Crippen LogP contribution in [0.3, 0.4) is 0 Å². The fraction of sp³-hybridized carbons (Fsp3) is 0.500. The van der Waals surface area contributed by atoms with Crippen molar-refractivity contribution in [2.45, 2.75) is 33.2 Å². The number of hydrogen-bond donors (Lipinski definition) is 3. The van der Waals surface area contributed by atoms with Gasteiger partial charge >= 0.3 is 0 Å². The predicted octanol–water partition coefficient (Wildman–Crippen LogP) is 2.25. The molecule has 1 unspecified atom stereocenters. The molecule has 0 aliphatic carbocycles. The number of nitrogens with zero attached hydrogens (tertiary/aromatic N) is 1. The van der Waals surface area contributed by atoms with Crippen LogP contribution in [0.25, 0.3) is 11.0 Å². The molecule has 2 rings (SSSR count). The fourth-order valence-electron chi connectivity index (χ4n) is 2.33. The van der Waals surface area contributed by atoms with Crippen LogP contribution in [0.1, 0.15) is 37.7 Å². The maximum atomic E-state index is 6.37. The number of aryl methyl sites for hydroxylation is 1. The number of rotatable bonds is 4. The van der Waals surface area contributed by atoms with Crippen molar-refractivity contribution < 1.29 is 0 Å². The van der Waals surface area contributed by atoms with Gasteiger partial charge in [0.2, 0.25) is 0 Å². The lowest BCUT2D eigenvalue weighted by atomic mass is 9.78. The zero-order valence-corrected chi connectivity index (χ0v) is 11.3. The highest BCUT2D eigenvalue weighted by atomic mass is 14.9. The summed E-state index contributed by atoms with van der Waals surface area (Å²) in [6.07, 6.45) is 0.911. The Morgan fingerprint density at radius 1 is 1.39 bits per heavy atom. The Kier molecular flexibility index (Phi) is 3.41. The second kappa shape index (κ2) is 4.71. The molecule has 0 saturated heterocycles. The van der Waals surface area contributed by atoms with Gasteiger partial charge in [-0.15, -0.1) is 0 Å². The van der Waals surface area contributed by atoms with Gasteiger partial charge in [0.1, 0.15) is 5.82 Å².